The number of rotatable bonds is 4. The molecule has 0 aromatic heterocycles. The molecule has 0 aliphatic carbocycles. The Kier molecular flexibility index (Phi) is 5.73. The second-order valence-electron chi connectivity index (χ2n) is 9.48. The summed E-state index contributed by atoms with van der Waals surface area (Å²) in [4.78, 5) is 12.2. The number of fused-ring (bicyclic) bond motifs is 3. The molecule has 0 saturated carbocycles. The van der Waals surface area contributed by atoms with Crippen molar-refractivity contribution < 1.29 is 28.4 Å². The van der Waals surface area contributed by atoms with Crippen LogP contribution in [0.1, 0.15) is 59.8 Å². The van der Waals surface area contributed by atoms with Gasteiger partial charge in [0.2, 0.25) is 5.76 Å². The van der Waals surface area contributed by atoms with Crippen molar-refractivity contribution in [2.24, 2.45) is 11.3 Å². The Balaban J connectivity index is 1.80. The highest BCUT2D eigenvalue weighted by atomic mass is 16.6. The third kappa shape index (κ3) is 3.08. The average molecular weight is 434 g/mol. The molecule has 7 heteroatoms. The molecular weight excluding hydrogens is 398 g/mol. The average Bonchev–Trinajstić information content (AvgIpc) is 3.13. The van der Waals surface area contributed by atoms with Crippen LogP contribution in [0.2, 0.25) is 0 Å². The summed E-state index contributed by atoms with van der Waals surface area (Å²) in [6.07, 6.45) is 6.22. The molecule has 6 atom stereocenters. The maximum absolute atomic E-state index is 14.6. The van der Waals surface area contributed by atoms with E-state index in [-0.39, 0.29) is 28.8 Å². The van der Waals surface area contributed by atoms with Gasteiger partial charge >= 0.3 is 5.97 Å². The molecule has 4 aliphatic rings. The van der Waals surface area contributed by atoms with E-state index in [2.05, 4.69) is 26.8 Å². The zero-order valence-corrected chi connectivity index (χ0v) is 19.5. The second kappa shape index (κ2) is 7.94. The molecule has 0 radical (unpaired) electrons. The first-order valence-electron chi connectivity index (χ1n) is 11.4. The number of methoxy groups -OCH3 is 2. The van der Waals surface area contributed by atoms with Crippen LogP contribution in [-0.4, -0.2) is 49.6 Å². The molecule has 0 bridgehead atoms. The zero-order chi connectivity index (χ0) is 22.6. The Bertz CT molecular complexity index is 856. The summed E-state index contributed by atoms with van der Waals surface area (Å²) in [6, 6.07) is -0.228. The van der Waals surface area contributed by atoms with Crippen LogP contribution in [0.15, 0.2) is 34.7 Å². The summed E-state index contributed by atoms with van der Waals surface area (Å²) in [5.74, 6) is 1.64. The highest BCUT2D eigenvalue weighted by Crippen LogP contribution is 2.59. The van der Waals surface area contributed by atoms with Crippen molar-refractivity contribution in [2.45, 2.75) is 78.0 Å². The lowest BCUT2D eigenvalue weighted by atomic mass is 9.67. The lowest BCUT2D eigenvalue weighted by molar-refractivity contribution is -0.944. The predicted molar refractivity (Wildman–Crippen MR) is 115 cm³/mol. The fourth-order valence-corrected chi connectivity index (χ4v) is 6.37. The van der Waals surface area contributed by atoms with Crippen LogP contribution in [0.3, 0.4) is 0 Å². The number of carbonyl (C=O) groups excluding carboxylic acids is 1. The monoisotopic (exact) mass is 433 g/mol. The molecular formula is C24H35NO6. The van der Waals surface area contributed by atoms with Crippen molar-refractivity contribution in [1.29, 1.82) is 0 Å². The first-order valence-corrected chi connectivity index (χ1v) is 11.4. The van der Waals surface area contributed by atoms with Crippen molar-refractivity contribution >= 4 is 5.97 Å². The van der Waals surface area contributed by atoms with E-state index in [0.717, 1.165) is 31.4 Å². The van der Waals surface area contributed by atoms with E-state index >= 15 is 0 Å². The van der Waals surface area contributed by atoms with E-state index in [9.17, 15) is 10.0 Å². The molecule has 172 valence electrons. The maximum atomic E-state index is 14.6. The van der Waals surface area contributed by atoms with Crippen molar-refractivity contribution in [3.8, 4) is 0 Å². The standard InChI is InChI=1S/C24H35NO6/c1-7-17(28-5)16-10-8-11-18-24(4)15(3)21(22-20(29-6)14(2)23(26)31-22)30-19(24)12-9-13-25(16,18)27/h12,15-18H,7-11,13H2,1-6H3/b22-21-/t15-,16-,17-,18+,24-,25?/m1/s1. The third-order valence-electron chi connectivity index (χ3n) is 8.22. The van der Waals surface area contributed by atoms with E-state index in [4.69, 9.17) is 18.9 Å². The topological polar surface area (TPSA) is 77.0 Å². The fraction of sp³-hybridized carbons (Fsp3) is 0.708. The van der Waals surface area contributed by atoms with Gasteiger partial charge in [0.1, 0.15) is 23.9 Å². The number of cyclic esters (lactones) is 1. The van der Waals surface area contributed by atoms with Crippen LogP contribution >= 0.6 is 0 Å². The summed E-state index contributed by atoms with van der Waals surface area (Å²) < 4.78 is 22.9. The summed E-state index contributed by atoms with van der Waals surface area (Å²) in [5, 5.41) is 14.6. The fourth-order valence-electron chi connectivity index (χ4n) is 6.37. The van der Waals surface area contributed by atoms with Crippen molar-refractivity contribution in [1.82, 2.24) is 0 Å². The summed E-state index contributed by atoms with van der Waals surface area (Å²) in [5.41, 5.74) is -0.0582. The van der Waals surface area contributed by atoms with Gasteiger partial charge in [-0.1, -0.05) is 13.8 Å². The molecule has 7 nitrogen and oxygen atoms in total. The number of hydrogen-bond donors (Lipinski definition) is 0. The van der Waals surface area contributed by atoms with Crippen LogP contribution in [0, 0.1) is 16.5 Å². The minimum absolute atomic E-state index is 0.0534. The highest BCUT2D eigenvalue weighted by Gasteiger charge is 2.61. The van der Waals surface area contributed by atoms with Crippen LogP contribution in [-0.2, 0) is 23.7 Å². The van der Waals surface area contributed by atoms with Crippen molar-refractivity contribution in [3.05, 3.63) is 39.9 Å². The third-order valence-corrected chi connectivity index (χ3v) is 8.22. The molecule has 4 heterocycles. The molecule has 2 saturated heterocycles. The molecule has 0 aromatic carbocycles. The van der Waals surface area contributed by atoms with E-state index < -0.39 is 11.4 Å². The van der Waals surface area contributed by atoms with Crippen molar-refractivity contribution in [3.63, 3.8) is 0 Å². The van der Waals surface area contributed by atoms with Gasteiger partial charge in [-0.3, -0.25) is 0 Å². The molecule has 4 rings (SSSR count). The van der Waals surface area contributed by atoms with Gasteiger partial charge in [-0.05, 0) is 32.8 Å². The van der Waals surface area contributed by atoms with Crippen molar-refractivity contribution in [2.75, 3.05) is 20.8 Å². The maximum Gasteiger partial charge on any atom is 0.343 e. The quantitative estimate of drug-likeness (QED) is 0.374. The Labute approximate surface area is 184 Å². The van der Waals surface area contributed by atoms with E-state index in [1.807, 2.05) is 0 Å². The van der Waals surface area contributed by atoms with Gasteiger partial charge in [-0.15, -0.1) is 0 Å². The van der Waals surface area contributed by atoms with E-state index in [1.54, 1.807) is 14.0 Å². The normalized spacial score (nSPS) is 41.1. The number of ether oxygens (including phenoxy) is 4. The van der Waals surface area contributed by atoms with Crippen LogP contribution < -0.4 is 0 Å². The molecule has 31 heavy (non-hydrogen) atoms. The number of carbonyl (C=O) groups is 1. The minimum Gasteiger partial charge on any atom is -0.632 e. The Morgan fingerprint density at radius 3 is 2.71 bits per heavy atom. The first-order chi connectivity index (χ1) is 14.7. The molecule has 0 N–H and O–H groups in total. The van der Waals surface area contributed by atoms with Gasteiger partial charge in [0.15, 0.2) is 11.5 Å². The summed E-state index contributed by atoms with van der Waals surface area (Å²) in [6.45, 7) is 8.53. The molecule has 0 spiro atoms. The Morgan fingerprint density at radius 1 is 1.32 bits per heavy atom. The first kappa shape index (κ1) is 22.4. The number of piperidine rings is 1. The highest BCUT2D eigenvalue weighted by molar-refractivity contribution is 5.93. The van der Waals surface area contributed by atoms with Gasteiger partial charge in [-0.25, -0.2) is 4.79 Å². The second-order valence-corrected chi connectivity index (χ2v) is 9.48. The number of hydrogen-bond acceptors (Lipinski definition) is 6. The lowest BCUT2D eigenvalue weighted by Crippen LogP contribution is -2.67. The number of hydroxylamine groups is 3. The number of nitrogens with zero attached hydrogens (tertiary/aromatic N) is 1. The number of allylic oxidation sites excluding steroid dienone is 1. The molecule has 4 aliphatic heterocycles. The van der Waals surface area contributed by atoms with E-state index in [1.165, 1.54) is 7.11 Å². The number of quaternary nitrogens is 1. The van der Waals surface area contributed by atoms with Crippen LogP contribution in [0.5, 0.6) is 0 Å². The molecule has 0 aromatic rings. The van der Waals surface area contributed by atoms with Crippen LogP contribution in [0.25, 0.3) is 0 Å². The van der Waals surface area contributed by atoms with Gasteiger partial charge in [0.25, 0.3) is 0 Å². The Morgan fingerprint density at radius 2 is 2.06 bits per heavy atom. The van der Waals surface area contributed by atoms with Gasteiger partial charge < -0.3 is 28.8 Å². The van der Waals surface area contributed by atoms with Crippen LogP contribution in [0.4, 0.5) is 0 Å². The minimum atomic E-state index is -0.493. The molecule has 0 amide bonds. The predicted octanol–water partition coefficient (Wildman–Crippen LogP) is 4.30. The van der Waals surface area contributed by atoms with Gasteiger partial charge in [0, 0.05) is 32.3 Å². The largest absolute Gasteiger partial charge is 0.632 e. The smallest absolute Gasteiger partial charge is 0.343 e. The lowest BCUT2D eigenvalue weighted by Gasteiger charge is -2.61. The molecule has 2 fully saturated rings. The van der Waals surface area contributed by atoms with Gasteiger partial charge in [-0.2, -0.15) is 0 Å². The summed E-state index contributed by atoms with van der Waals surface area (Å²) in [7, 11) is 3.24. The summed E-state index contributed by atoms with van der Waals surface area (Å²) >= 11 is 0. The SMILES string of the molecule is CC[C@@H](OC)[C@H]1CCC[C@H]2[C@]3(C)C(=CCC[N+]12[O-])O/C(=C1\OC(=O)C(C)=C1OC)[C@H]3C. The Hall–Kier alpha value is -1.83. The zero-order valence-electron chi connectivity index (χ0n) is 19.5. The van der Waals surface area contributed by atoms with Gasteiger partial charge in [0.05, 0.1) is 24.6 Å². The van der Waals surface area contributed by atoms with E-state index in [0.29, 0.717) is 35.8 Å². The molecule has 1 unspecified atom stereocenters. The number of esters is 1.